The van der Waals surface area contributed by atoms with Gasteiger partial charge in [-0.15, -0.1) is 0 Å². The molecule has 1 heterocycles. The molecule has 2 atom stereocenters. The SMILES string of the molecule is C=Cc1ccc(F)c(C(C)Nc2cc(F)c(OC(=O)NC3=CS(=S(=O)=O)C=N3)cc2Cl)c1. The number of carbonyl (C=O) groups excluding carboxylic acids is 1. The Balaban J connectivity index is 1.73. The summed E-state index contributed by atoms with van der Waals surface area (Å²) in [4.78, 5) is 15.7. The van der Waals surface area contributed by atoms with Crippen LogP contribution in [0.4, 0.5) is 19.3 Å². The number of anilines is 1. The lowest BCUT2D eigenvalue weighted by Crippen LogP contribution is -2.25. The second-order valence-electron chi connectivity index (χ2n) is 6.40. The number of hydrogen-bond donors (Lipinski definition) is 2. The third-order valence-electron chi connectivity index (χ3n) is 4.23. The van der Waals surface area contributed by atoms with Crippen molar-refractivity contribution in [1.29, 1.82) is 0 Å². The number of ether oxygens (including phenoxy) is 1. The van der Waals surface area contributed by atoms with E-state index in [4.69, 9.17) is 16.3 Å². The van der Waals surface area contributed by atoms with Crippen LogP contribution in [0, 0.1) is 11.6 Å². The molecule has 0 saturated heterocycles. The molecule has 12 heteroatoms. The van der Waals surface area contributed by atoms with Crippen LogP contribution in [0.3, 0.4) is 0 Å². The lowest BCUT2D eigenvalue weighted by molar-refractivity contribution is 0.201. The Hall–Kier alpha value is -3.02. The van der Waals surface area contributed by atoms with E-state index >= 15 is 0 Å². The van der Waals surface area contributed by atoms with Crippen LogP contribution >= 0.6 is 11.6 Å². The van der Waals surface area contributed by atoms with Gasteiger partial charge in [0, 0.05) is 32.6 Å². The summed E-state index contributed by atoms with van der Waals surface area (Å²) in [7, 11) is -3.65. The summed E-state index contributed by atoms with van der Waals surface area (Å²) in [5.74, 6) is -1.84. The smallest absolute Gasteiger partial charge is 0.407 e. The van der Waals surface area contributed by atoms with Gasteiger partial charge in [0.15, 0.2) is 11.6 Å². The van der Waals surface area contributed by atoms with E-state index in [0.29, 0.717) is 5.56 Å². The molecule has 0 bridgehead atoms. The number of benzene rings is 2. The molecule has 0 aliphatic carbocycles. The summed E-state index contributed by atoms with van der Waals surface area (Å²) in [6.45, 7) is 5.33. The topological polar surface area (TPSA) is 96.9 Å². The fraction of sp³-hybridized carbons (Fsp3) is 0.100. The van der Waals surface area contributed by atoms with Crippen molar-refractivity contribution < 1.29 is 26.7 Å². The Morgan fingerprint density at radius 1 is 1.28 bits per heavy atom. The molecule has 0 radical (unpaired) electrons. The minimum Gasteiger partial charge on any atom is -0.407 e. The molecular formula is C20H16ClF2N3O4S2. The summed E-state index contributed by atoms with van der Waals surface area (Å²) < 4.78 is 55.4. The summed E-state index contributed by atoms with van der Waals surface area (Å²) in [5.41, 5.74) is 2.36. The monoisotopic (exact) mass is 499 g/mol. The predicted octanol–water partition coefficient (Wildman–Crippen LogP) is 4.78. The molecule has 2 aromatic carbocycles. The van der Waals surface area contributed by atoms with Gasteiger partial charge in [0.25, 0.3) is 0 Å². The van der Waals surface area contributed by atoms with Crippen LogP contribution in [0.5, 0.6) is 5.75 Å². The molecule has 0 fully saturated rings. The van der Waals surface area contributed by atoms with Crippen LogP contribution in [0.2, 0.25) is 5.02 Å². The lowest BCUT2D eigenvalue weighted by atomic mass is 10.0. The van der Waals surface area contributed by atoms with Crippen LogP contribution < -0.4 is 15.4 Å². The molecule has 0 spiro atoms. The maximum Gasteiger partial charge on any atom is 0.418 e. The molecule has 1 amide bonds. The fourth-order valence-electron chi connectivity index (χ4n) is 2.70. The lowest BCUT2D eigenvalue weighted by Gasteiger charge is -2.19. The zero-order valence-electron chi connectivity index (χ0n) is 16.4. The minimum atomic E-state index is -2.40. The number of aliphatic imine (C=N–C) groups is 1. The Kier molecular flexibility index (Phi) is 7.44. The highest BCUT2D eigenvalue weighted by atomic mass is 35.5. The largest absolute Gasteiger partial charge is 0.418 e. The van der Waals surface area contributed by atoms with Crippen molar-refractivity contribution >= 4 is 53.7 Å². The van der Waals surface area contributed by atoms with Gasteiger partial charge < -0.3 is 10.1 Å². The van der Waals surface area contributed by atoms with Crippen molar-refractivity contribution in [3.05, 3.63) is 75.9 Å². The standard InChI is InChI=1S/C20H16ClF2N3O4S2/c1-3-12-4-5-15(22)13(6-12)11(2)25-17-8-16(23)18(7-14(17)21)30-20(27)26-19-9-31(10-24-19)32(28)29/h3-11,25H,1H2,2H3,(H,26,27). The minimum absolute atomic E-state index is 0.0303. The van der Waals surface area contributed by atoms with Gasteiger partial charge in [-0.05, 0) is 24.6 Å². The number of nitrogens with one attached hydrogen (secondary N) is 2. The highest BCUT2D eigenvalue weighted by molar-refractivity contribution is 8.42. The van der Waals surface area contributed by atoms with Crippen molar-refractivity contribution in [2.75, 3.05) is 5.32 Å². The van der Waals surface area contributed by atoms with E-state index in [1.165, 1.54) is 11.5 Å². The van der Waals surface area contributed by atoms with E-state index in [9.17, 15) is 22.0 Å². The summed E-state index contributed by atoms with van der Waals surface area (Å²) in [6, 6.07) is 6.04. The number of nitrogens with zero attached hydrogens (tertiary/aromatic N) is 1. The molecule has 32 heavy (non-hydrogen) atoms. The zero-order valence-corrected chi connectivity index (χ0v) is 18.8. The first kappa shape index (κ1) is 23.6. The number of carbonyl (C=O) groups is 1. The summed E-state index contributed by atoms with van der Waals surface area (Å²) in [5, 5.41) is 6.37. The zero-order chi connectivity index (χ0) is 23.4. The van der Waals surface area contributed by atoms with Crippen LogP contribution in [0.1, 0.15) is 24.1 Å². The van der Waals surface area contributed by atoms with Crippen LogP contribution in [0.15, 0.2) is 53.1 Å². The second kappa shape index (κ2) is 10.1. The Labute approximate surface area is 190 Å². The Morgan fingerprint density at radius 2 is 2.03 bits per heavy atom. The maximum atomic E-state index is 14.5. The molecule has 1 aliphatic heterocycles. The van der Waals surface area contributed by atoms with E-state index in [0.717, 1.165) is 23.2 Å². The van der Waals surface area contributed by atoms with Crippen LogP contribution in [0.25, 0.3) is 6.08 Å². The van der Waals surface area contributed by atoms with E-state index in [1.807, 2.05) is 0 Å². The highest BCUT2D eigenvalue weighted by Gasteiger charge is 2.18. The number of halogens is 3. The summed E-state index contributed by atoms with van der Waals surface area (Å²) >= 11 is 6.19. The van der Waals surface area contributed by atoms with Gasteiger partial charge in [0.1, 0.15) is 11.6 Å². The average Bonchev–Trinajstić information content (AvgIpc) is 3.20. The van der Waals surface area contributed by atoms with E-state index in [1.54, 1.807) is 25.1 Å². The molecule has 0 aromatic heterocycles. The molecule has 0 saturated carbocycles. The number of amides is 1. The van der Waals surface area contributed by atoms with E-state index in [2.05, 4.69) is 22.2 Å². The normalized spacial score (nSPS) is 15.6. The van der Waals surface area contributed by atoms with Crippen molar-refractivity contribution in [2.45, 2.75) is 13.0 Å². The van der Waals surface area contributed by atoms with Crippen LogP contribution in [-0.4, -0.2) is 20.1 Å². The van der Waals surface area contributed by atoms with Gasteiger partial charge in [-0.25, -0.2) is 18.6 Å². The maximum absolute atomic E-state index is 14.5. The quantitative estimate of drug-likeness (QED) is 0.596. The van der Waals surface area contributed by atoms with Gasteiger partial charge in [-0.2, -0.15) is 8.42 Å². The van der Waals surface area contributed by atoms with Gasteiger partial charge in [-0.3, -0.25) is 5.32 Å². The van der Waals surface area contributed by atoms with Crippen LogP contribution in [-0.2, 0) is 18.7 Å². The van der Waals surface area contributed by atoms with Gasteiger partial charge in [0.05, 0.1) is 22.3 Å². The predicted molar refractivity (Wildman–Crippen MR) is 122 cm³/mol. The molecular weight excluding hydrogens is 484 g/mol. The Morgan fingerprint density at radius 3 is 2.69 bits per heavy atom. The second-order valence-corrected chi connectivity index (χ2v) is 10.3. The molecule has 2 unspecified atom stereocenters. The van der Waals surface area contributed by atoms with Gasteiger partial charge >= 0.3 is 6.09 Å². The fourth-order valence-corrected chi connectivity index (χ4v) is 4.52. The summed E-state index contributed by atoms with van der Waals surface area (Å²) in [6.07, 6.45) is 0.496. The molecule has 2 aromatic rings. The van der Waals surface area contributed by atoms with Crippen molar-refractivity contribution in [1.82, 2.24) is 5.32 Å². The van der Waals surface area contributed by atoms with E-state index < -0.39 is 48.2 Å². The number of hydrogen-bond acceptors (Lipinski definition) is 6. The Bertz CT molecular complexity index is 1300. The molecule has 3 rings (SSSR count). The van der Waals surface area contributed by atoms with E-state index in [-0.39, 0.29) is 16.5 Å². The molecule has 7 nitrogen and oxygen atoms in total. The third-order valence-corrected chi connectivity index (χ3v) is 7.11. The average molecular weight is 500 g/mol. The van der Waals surface area contributed by atoms with Gasteiger partial charge in [-0.1, -0.05) is 30.3 Å². The first-order valence-electron chi connectivity index (χ1n) is 8.92. The third kappa shape index (κ3) is 5.61. The highest BCUT2D eigenvalue weighted by Crippen LogP contribution is 2.33. The molecule has 1 aliphatic rings. The molecule has 168 valence electrons. The van der Waals surface area contributed by atoms with Crippen molar-refractivity contribution in [2.24, 2.45) is 4.99 Å². The van der Waals surface area contributed by atoms with Crippen molar-refractivity contribution in [3.63, 3.8) is 0 Å². The first-order valence-corrected chi connectivity index (χ1v) is 12.2. The number of rotatable bonds is 6. The van der Waals surface area contributed by atoms with Crippen molar-refractivity contribution in [3.8, 4) is 5.75 Å². The van der Waals surface area contributed by atoms with Gasteiger partial charge in [0.2, 0.25) is 9.26 Å². The first-order chi connectivity index (χ1) is 15.2. The molecule has 2 N–H and O–H groups in total.